The molecule has 2 saturated heterocycles. The SMILES string of the molecule is C[C@@H]1CNCC[C@H]1Nc1ccc2c(C3CCC(=O)NC3=O)nn(C)c2c1. The number of amides is 2. The molecule has 7 heteroatoms. The number of nitrogens with one attached hydrogen (secondary N) is 3. The van der Waals surface area contributed by atoms with Crippen molar-refractivity contribution in [3.8, 4) is 0 Å². The summed E-state index contributed by atoms with van der Waals surface area (Å²) in [6.07, 6.45) is 1.98. The highest BCUT2D eigenvalue weighted by Gasteiger charge is 2.31. The lowest BCUT2D eigenvalue weighted by molar-refractivity contribution is -0.134. The maximum Gasteiger partial charge on any atom is 0.235 e. The van der Waals surface area contributed by atoms with Gasteiger partial charge < -0.3 is 10.6 Å². The van der Waals surface area contributed by atoms with E-state index in [9.17, 15) is 9.59 Å². The first-order chi connectivity index (χ1) is 12.5. The van der Waals surface area contributed by atoms with E-state index in [0.29, 0.717) is 24.8 Å². The van der Waals surface area contributed by atoms with Crippen molar-refractivity contribution in [2.45, 2.75) is 38.1 Å². The Balaban J connectivity index is 1.62. The Hall–Kier alpha value is -2.41. The molecule has 2 amide bonds. The lowest BCUT2D eigenvalue weighted by Gasteiger charge is -2.31. The number of piperidine rings is 2. The molecule has 0 bridgehead atoms. The summed E-state index contributed by atoms with van der Waals surface area (Å²) in [5.74, 6) is -0.231. The van der Waals surface area contributed by atoms with Gasteiger partial charge in [-0.05, 0) is 50.0 Å². The van der Waals surface area contributed by atoms with Gasteiger partial charge in [-0.15, -0.1) is 0 Å². The number of anilines is 1. The third-order valence-electron chi connectivity index (χ3n) is 5.59. The van der Waals surface area contributed by atoms with Crippen LogP contribution in [0.5, 0.6) is 0 Å². The van der Waals surface area contributed by atoms with Crippen molar-refractivity contribution in [3.05, 3.63) is 23.9 Å². The second-order valence-electron chi connectivity index (χ2n) is 7.47. The molecule has 3 heterocycles. The Morgan fingerprint density at radius 2 is 2.12 bits per heavy atom. The van der Waals surface area contributed by atoms with Crippen LogP contribution in [0.1, 0.15) is 37.8 Å². The van der Waals surface area contributed by atoms with E-state index in [1.807, 2.05) is 17.8 Å². The fraction of sp³-hybridized carbons (Fsp3) is 0.526. The summed E-state index contributed by atoms with van der Waals surface area (Å²) in [6.45, 7) is 4.33. The van der Waals surface area contributed by atoms with Gasteiger partial charge in [-0.1, -0.05) is 6.92 Å². The summed E-state index contributed by atoms with van der Waals surface area (Å²) >= 11 is 0. The average molecular weight is 355 g/mol. The van der Waals surface area contributed by atoms with E-state index < -0.39 is 0 Å². The number of rotatable bonds is 3. The third-order valence-corrected chi connectivity index (χ3v) is 5.59. The summed E-state index contributed by atoms with van der Waals surface area (Å²) in [5.41, 5.74) is 2.83. The molecule has 0 saturated carbocycles. The third kappa shape index (κ3) is 3.07. The maximum atomic E-state index is 12.2. The second kappa shape index (κ2) is 6.72. The van der Waals surface area contributed by atoms with Crippen LogP contribution in [0, 0.1) is 5.92 Å². The Morgan fingerprint density at radius 1 is 1.27 bits per heavy atom. The molecule has 4 rings (SSSR count). The van der Waals surface area contributed by atoms with Gasteiger partial charge in [-0.2, -0.15) is 5.10 Å². The molecule has 2 aliphatic heterocycles. The number of imide groups is 1. The average Bonchev–Trinajstić information content (AvgIpc) is 2.93. The van der Waals surface area contributed by atoms with Crippen molar-refractivity contribution in [2.75, 3.05) is 18.4 Å². The van der Waals surface area contributed by atoms with E-state index in [1.165, 1.54) is 0 Å². The van der Waals surface area contributed by atoms with E-state index in [2.05, 4.69) is 40.1 Å². The lowest BCUT2D eigenvalue weighted by Crippen LogP contribution is -2.42. The number of hydrogen-bond donors (Lipinski definition) is 3. The van der Waals surface area contributed by atoms with Gasteiger partial charge in [-0.25, -0.2) is 0 Å². The van der Waals surface area contributed by atoms with Crippen LogP contribution in [0.3, 0.4) is 0 Å². The van der Waals surface area contributed by atoms with Crippen LogP contribution in [0.4, 0.5) is 5.69 Å². The minimum absolute atomic E-state index is 0.200. The van der Waals surface area contributed by atoms with Crippen LogP contribution in [-0.4, -0.2) is 40.7 Å². The van der Waals surface area contributed by atoms with Gasteiger partial charge in [0, 0.05) is 30.6 Å². The molecule has 0 aliphatic carbocycles. The van der Waals surface area contributed by atoms with Crippen LogP contribution < -0.4 is 16.0 Å². The van der Waals surface area contributed by atoms with Gasteiger partial charge in [-0.3, -0.25) is 19.6 Å². The van der Waals surface area contributed by atoms with Gasteiger partial charge in [0.2, 0.25) is 11.8 Å². The first-order valence-electron chi connectivity index (χ1n) is 9.30. The molecule has 2 aliphatic rings. The highest BCUT2D eigenvalue weighted by atomic mass is 16.2. The molecule has 1 unspecified atom stereocenters. The molecular weight excluding hydrogens is 330 g/mol. The predicted octanol–water partition coefficient (Wildman–Crippen LogP) is 1.50. The topological polar surface area (TPSA) is 88.0 Å². The Morgan fingerprint density at radius 3 is 2.88 bits per heavy atom. The Bertz CT molecular complexity index is 859. The summed E-state index contributed by atoms with van der Waals surface area (Å²) in [4.78, 5) is 23.6. The normalized spacial score (nSPS) is 26.8. The fourth-order valence-electron chi connectivity index (χ4n) is 4.03. The van der Waals surface area contributed by atoms with Crippen molar-refractivity contribution in [1.29, 1.82) is 0 Å². The lowest BCUT2D eigenvalue weighted by atomic mass is 9.92. The number of nitrogens with zero attached hydrogens (tertiary/aromatic N) is 2. The van der Waals surface area contributed by atoms with Crippen molar-refractivity contribution in [1.82, 2.24) is 20.4 Å². The zero-order chi connectivity index (χ0) is 18.3. The molecule has 1 aromatic carbocycles. The number of carbonyl (C=O) groups excluding carboxylic acids is 2. The summed E-state index contributed by atoms with van der Waals surface area (Å²) in [5, 5.41) is 15.1. The van der Waals surface area contributed by atoms with E-state index in [4.69, 9.17) is 0 Å². The summed E-state index contributed by atoms with van der Waals surface area (Å²) < 4.78 is 1.82. The molecule has 1 aromatic heterocycles. The van der Waals surface area contributed by atoms with Gasteiger partial charge in [0.25, 0.3) is 0 Å². The summed E-state index contributed by atoms with van der Waals surface area (Å²) in [6, 6.07) is 6.66. The van der Waals surface area contributed by atoms with Gasteiger partial charge in [0.15, 0.2) is 0 Å². The number of aromatic nitrogens is 2. The van der Waals surface area contributed by atoms with E-state index >= 15 is 0 Å². The van der Waals surface area contributed by atoms with Crippen LogP contribution >= 0.6 is 0 Å². The standard InChI is InChI=1S/C19H25N5O2/c1-11-10-20-8-7-15(11)21-12-3-4-13-16(9-12)24(2)23-18(13)14-5-6-17(25)22-19(14)26/h3-4,9,11,14-15,20-21H,5-8,10H2,1-2H3,(H,22,25,26)/t11-,14?,15-/m1/s1. The van der Waals surface area contributed by atoms with Crippen LogP contribution in [-0.2, 0) is 16.6 Å². The number of fused-ring (bicyclic) bond motifs is 1. The molecule has 138 valence electrons. The smallest absolute Gasteiger partial charge is 0.235 e. The van der Waals surface area contributed by atoms with Crippen molar-refractivity contribution < 1.29 is 9.59 Å². The highest BCUT2D eigenvalue weighted by molar-refractivity contribution is 6.02. The van der Waals surface area contributed by atoms with E-state index in [1.54, 1.807) is 0 Å². The molecule has 2 fully saturated rings. The largest absolute Gasteiger partial charge is 0.382 e. The highest BCUT2D eigenvalue weighted by Crippen LogP contribution is 2.32. The Kier molecular flexibility index (Phi) is 4.40. The minimum Gasteiger partial charge on any atom is -0.382 e. The molecule has 26 heavy (non-hydrogen) atoms. The molecule has 2 aromatic rings. The quantitative estimate of drug-likeness (QED) is 0.727. The van der Waals surface area contributed by atoms with Crippen molar-refractivity contribution in [3.63, 3.8) is 0 Å². The van der Waals surface area contributed by atoms with Crippen molar-refractivity contribution >= 4 is 28.4 Å². The zero-order valence-corrected chi connectivity index (χ0v) is 15.2. The predicted molar refractivity (Wildman–Crippen MR) is 99.9 cm³/mol. The monoisotopic (exact) mass is 355 g/mol. The number of benzene rings is 1. The molecular formula is C19H25N5O2. The molecule has 7 nitrogen and oxygen atoms in total. The van der Waals surface area contributed by atoms with Crippen LogP contribution in [0.25, 0.3) is 10.9 Å². The molecule has 0 radical (unpaired) electrons. The van der Waals surface area contributed by atoms with Crippen molar-refractivity contribution in [2.24, 2.45) is 13.0 Å². The molecule has 0 spiro atoms. The molecule has 3 N–H and O–H groups in total. The Labute approximate surface area is 152 Å². The van der Waals surface area contributed by atoms with Crippen LogP contribution in [0.15, 0.2) is 18.2 Å². The van der Waals surface area contributed by atoms with Gasteiger partial charge in [0.1, 0.15) is 0 Å². The minimum atomic E-state index is -0.361. The zero-order valence-electron chi connectivity index (χ0n) is 15.2. The number of hydrogen-bond acceptors (Lipinski definition) is 5. The van der Waals surface area contributed by atoms with Gasteiger partial charge >= 0.3 is 0 Å². The first kappa shape index (κ1) is 17.0. The van der Waals surface area contributed by atoms with Crippen LogP contribution in [0.2, 0.25) is 0 Å². The van der Waals surface area contributed by atoms with E-state index in [0.717, 1.165) is 41.8 Å². The molecule has 3 atom stereocenters. The fourth-order valence-corrected chi connectivity index (χ4v) is 4.03. The first-order valence-corrected chi connectivity index (χ1v) is 9.30. The summed E-state index contributed by atoms with van der Waals surface area (Å²) in [7, 11) is 1.90. The second-order valence-corrected chi connectivity index (χ2v) is 7.47. The number of aryl methyl sites for hydroxylation is 1. The maximum absolute atomic E-state index is 12.2. The van der Waals surface area contributed by atoms with E-state index in [-0.39, 0.29) is 17.7 Å². The van der Waals surface area contributed by atoms with Gasteiger partial charge in [0.05, 0.1) is 17.1 Å². The number of carbonyl (C=O) groups is 2.